The summed E-state index contributed by atoms with van der Waals surface area (Å²) < 4.78 is 16.4. The molecule has 0 aliphatic heterocycles. The summed E-state index contributed by atoms with van der Waals surface area (Å²) >= 11 is 3.43. The van der Waals surface area contributed by atoms with Gasteiger partial charge in [0.2, 0.25) is 0 Å². The van der Waals surface area contributed by atoms with Crippen LogP contribution < -0.4 is 14.2 Å². The summed E-state index contributed by atoms with van der Waals surface area (Å²) in [5.41, 5.74) is 1.55. The molecular weight excluding hydrogens is 376 g/mol. The van der Waals surface area contributed by atoms with Gasteiger partial charge in [0.1, 0.15) is 5.75 Å². The van der Waals surface area contributed by atoms with Crippen molar-refractivity contribution in [3.05, 3.63) is 52.0 Å². The first-order valence-corrected chi connectivity index (χ1v) is 8.06. The molecule has 0 amide bonds. The van der Waals surface area contributed by atoms with Gasteiger partial charge < -0.3 is 19.3 Å². The number of carboxylic acids is 1. The molecule has 0 fully saturated rings. The largest absolute Gasteiger partial charge is 0.497 e. The fourth-order valence-corrected chi connectivity index (χ4v) is 3.16. The maximum atomic E-state index is 11.7. The second-order valence-electron chi connectivity index (χ2n) is 5.18. The van der Waals surface area contributed by atoms with E-state index in [1.165, 1.54) is 0 Å². The van der Waals surface area contributed by atoms with Crippen molar-refractivity contribution in [2.45, 2.75) is 12.3 Å². The van der Waals surface area contributed by atoms with Gasteiger partial charge in [0, 0.05) is 0 Å². The monoisotopic (exact) mass is 394 g/mol. The average Bonchev–Trinajstić information content (AvgIpc) is 2.59. The zero-order valence-electron chi connectivity index (χ0n) is 13.7. The molecule has 24 heavy (non-hydrogen) atoms. The van der Waals surface area contributed by atoms with Crippen LogP contribution in [0.25, 0.3) is 0 Å². The third-order valence-corrected chi connectivity index (χ3v) is 4.34. The van der Waals surface area contributed by atoms with Crippen LogP contribution in [-0.2, 0) is 11.2 Å². The third-order valence-electron chi connectivity index (χ3n) is 3.75. The summed E-state index contributed by atoms with van der Waals surface area (Å²) in [5.74, 6) is 0.280. The molecule has 2 rings (SSSR count). The number of methoxy groups -OCH3 is 3. The molecule has 0 aliphatic carbocycles. The lowest BCUT2D eigenvalue weighted by atomic mass is 9.92. The van der Waals surface area contributed by atoms with Crippen LogP contribution in [-0.4, -0.2) is 32.4 Å². The van der Waals surface area contributed by atoms with Gasteiger partial charge in [0.05, 0.1) is 31.7 Å². The van der Waals surface area contributed by atoms with Gasteiger partial charge in [0.15, 0.2) is 11.5 Å². The van der Waals surface area contributed by atoms with Crippen LogP contribution in [0.15, 0.2) is 40.9 Å². The molecule has 0 heterocycles. The number of hydrogen-bond donors (Lipinski definition) is 1. The molecule has 2 aromatic carbocycles. The highest BCUT2D eigenvalue weighted by molar-refractivity contribution is 9.10. The van der Waals surface area contributed by atoms with Crippen LogP contribution in [0.3, 0.4) is 0 Å². The number of carboxylic acid groups (broad SMARTS) is 1. The fourth-order valence-electron chi connectivity index (χ4n) is 2.51. The van der Waals surface area contributed by atoms with Crippen molar-refractivity contribution in [2.75, 3.05) is 21.3 Å². The Balaban J connectivity index is 2.34. The molecule has 0 saturated heterocycles. The molecule has 2 aromatic rings. The van der Waals surface area contributed by atoms with E-state index in [-0.39, 0.29) is 0 Å². The molecule has 128 valence electrons. The Morgan fingerprint density at radius 2 is 1.75 bits per heavy atom. The minimum atomic E-state index is -0.883. The highest BCUT2D eigenvalue weighted by atomic mass is 79.9. The average molecular weight is 395 g/mol. The van der Waals surface area contributed by atoms with Gasteiger partial charge in [-0.2, -0.15) is 0 Å². The predicted molar refractivity (Wildman–Crippen MR) is 94.3 cm³/mol. The summed E-state index contributed by atoms with van der Waals surface area (Å²) in [6.45, 7) is 0. The van der Waals surface area contributed by atoms with E-state index in [2.05, 4.69) is 15.9 Å². The smallest absolute Gasteiger partial charge is 0.311 e. The maximum Gasteiger partial charge on any atom is 0.311 e. The molecule has 6 heteroatoms. The van der Waals surface area contributed by atoms with Crippen LogP contribution in [0.4, 0.5) is 0 Å². The maximum absolute atomic E-state index is 11.7. The van der Waals surface area contributed by atoms with Gasteiger partial charge in [0.25, 0.3) is 0 Å². The summed E-state index contributed by atoms with van der Waals surface area (Å²) in [6.07, 6.45) is 0.334. The van der Waals surface area contributed by atoms with Crippen molar-refractivity contribution in [3.63, 3.8) is 0 Å². The van der Waals surface area contributed by atoms with Crippen molar-refractivity contribution in [2.24, 2.45) is 0 Å². The van der Waals surface area contributed by atoms with Gasteiger partial charge in [-0.1, -0.05) is 12.1 Å². The second-order valence-corrected chi connectivity index (χ2v) is 6.04. The van der Waals surface area contributed by atoms with E-state index in [1.807, 2.05) is 6.07 Å². The molecular formula is C18H19BrO5. The SMILES string of the molecule is COc1ccc(C(Cc2cc(Br)c(OC)c(OC)c2)C(=O)O)cc1. The van der Waals surface area contributed by atoms with Gasteiger partial charge >= 0.3 is 5.97 Å². The summed E-state index contributed by atoms with van der Waals surface area (Å²) in [6, 6.07) is 10.7. The number of rotatable bonds is 7. The van der Waals surface area contributed by atoms with Crippen molar-refractivity contribution < 1.29 is 24.1 Å². The van der Waals surface area contributed by atoms with E-state index >= 15 is 0 Å². The van der Waals surface area contributed by atoms with E-state index in [0.717, 1.165) is 10.0 Å². The highest BCUT2D eigenvalue weighted by Crippen LogP contribution is 2.37. The first-order chi connectivity index (χ1) is 11.5. The topological polar surface area (TPSA) is 65.0 Å². The Kier molecular flexibility index (Phi) is 6.09. The van der Waals surface area contributed by atoms with Gasteiger partial charge in [-0.25, -0.2) is 0 Å². The molecule has 0 spiro atoms. The van der Waals surface area contributed by atoms with Crippen LogP contribution >= 0.6 is 15.9 Å². The number of hydrogen-bond acceptors (Lipinski definition) is 4. The normalized spacial score (nSPS) is 11.7. The van der Waals surface area contributed by atoms with E-state index in [1.54, 1.807) is 51.7 Å². The van der Waals surface area contributed by atoms with Crippen LogP contribution in [0.1, 0.15) is 17.0 Å². The first kappa shape index (κ1) is 18.1. The number of carbonyl (C=O) groups is 1. The Hall–Kier alpha value is -2.21. The highest BCUT2D eigenvalue weighted by Gasteiger charge is 2.22. The van der Waals surface area contributed by atoms with E-state index < -0.39 is 11.9 Å². The Bertz CT molecular complexity index is 712. The molecule has 1 N–H and O–H groups in total. The van der Waals surface area contributed by atoms with E-state index in [0.29, 0.717) is 29.2 Å². The molecule has 0 bridgehead atoms. The number of benzene rings is 2. The lowest BCUT2D eigenvalue weighted by molar-refractivity contribution is -0.138. The minimum Gasteiger partial charge on any atom is -0.497 e. The molecule has 0 aromatic heterocycles. The van der Waals surface area contributed by atoms with Gasteiger partial charge in [-0.05, 0) is 57.7 Å². The Morgan fingerprint density at radius 1 is 1.08 bits per heavy atom. The lowest BCUT2D eigenvalue weighted by Gasteiger charge is -2.16. The molecule has 1 atom stereocenters. The van der Waals surface area contributed by atoms with Crippen molar-refractivity contribution in [3.8, 4) is 17.2 Å². The first-order valence-electron chi connectivity index (χ1n) is 7.27. The standard InChI is InChI=1S/C18H19BrO5/c1-22-13-6-4-12(5-7-13)14(18(20)21)8-11-9-15(19)17(24-3)16(10-11)23-2/h4-7,9-10,14H,8H2,1-3H3,(H,20,21). The third kappa shape index (κ3) is 4.00. The number of ether oxygens (including phenoxy) is 3. The predicted octanol–water partition coefficient (Wildman–Crippen LogP) is 3.89. The van der Waals surface area contributed by atoms with E-state index in [4.69, 9.17) is 14.2 Å². The molecule has 0 aliphatic rings. The summed E-state index contributed by atoms with van der Waals surface area (Å²) in [7, 11) is 4.68. The Labute approximate surface area is 149 Å². The van der Waals surface area contributed by atoms with Crippen LogP contribution in [0, 0.1) is 0 Å². The molecule has 1 unspecified atom stereocenters. The van der Waals surface area contributed by atoms with Gasteiger partial charge in [-0.3, -0.25) is 4.79 Å². The van der Waals surface area contributed by atoms with Crippen LogP contribution in [0.2, 0.25) is 0 Å². The fraction of sp³-hybridized carbons (Fsp3) is 0.278. The molecule has 5 nitrogen and oxygen atoms in total. The van der Waals surface area contributed by atoms with Crippen molar-refractivity contribution in [1.82, 2.24) is 0 Å². The van der Waals surface area contributed by atoms with Crippen molar-refractivity contribution in [1.29, 1.82) is 0 Å². The quantitative estimate of drug-likeness (QED) is 0.771. The van der Waals surface area contributed by atoms with E-state index in [9.17, 15) is 9.90 Å². The van der Waals surface area contributed by atoms with Crippen molar-refractivity contribution >= 4 is 21.9 Å². The zero-order valence-corrected chi connectivity index (χ0v) is 15.3. The molecule has 0 saturated carbocycles. The summed E-state index contributed by atoms with van der Waals surface area (Å²) in [5, 5.41) is 9.61. The van der Waals surface area contributed by atoms with Crippen LogP contribution in [0.5, 0.6) is 17.2 Å². The number of aliphatic carboxylic acids is 1. The lowest BCUT2D eigenvalue weighted by Crippen LogP contribution is -2.14. The summed E-state index contributed by atoms with van der Waals surface area (Å²) in [4.78, 5) is 11.7. The second kappa shape index (κ2) is 8.06. The minimum absolute atomic E-state index is 0.334. The van der Waals surface area contributed by atoms with Gasteiger partial charge in [-0.15, -0.1) is 0 Å². The molecule has 0 radical (unpaired) electrons. The zero-order chi connectivity index (χ0) is 17.7. The number of halogens is 1. The Morgan fingerprint density at radius 3 is 2.25 bits per heavy atom.